The van der Waals surface area contributed by atoms with E-state index in [9.17, 15) is 24.3 Å². The molecule has 9 heteroatoms. The lowest BCUT2D eigenvalue weighted by Crippen LogP contribution is -2.40. The number of ketones is 1. The van der Waals surface area contributed by atoms with Crippen LogP contribution in [-0.4, -0.2) is 46.2 Å². The SMILES string of the molecule is CNC(=O)c1c(-c2ccc(C)cc2)oc2c1cc(-c1cccc(C(=O)NC(C)(C)C)c1)c1[nH]cc(C(=O)C(=O)O)c12. The number of carbonyl (C=O) groups excluding carboxylic acids is 3. The minimum absolute atomic E-state index is 0.103. The number of rotatable bonds is 6. The van der Waals surface area contributed by atoms with E-state index in [2.05, 4.69) is 15.6 Å². The number of carboxylic acids is 1. The third-order valence-electron chi connectivity index (χ3n) is 6.74. The van der Waals surface area contributed by atoms with Crippen LogP contribution in [0.1, 0.15) is 57.4 Å². The van der Waals surface area contributed by atoms with Gasteiger partial charge in [0, 0.05) is 40.9 Å². The molecule has 3 aromatic carbocycles. The number of fused-ring (bicyclic) bond motifs is 3. The number of H-pyrrole nitrogens is 1. The summed E-state index contributed by atoms with van der Waals surface area (Å²) in [6, 6.07) is 16.1. The standard InChI is InChI=1S/C32H29N3O6/c1-16-9-11-17(12-10-16)27-24(30(38)33-5)21-14-20(18-7-6-8-19(13-18)29(37)35-32(2,3)4)25-23(28(21)41-27)22(15-34-25)26(36)31(39)40/h6-15,34H,1-5H3,(H,33,38)(H,35,37)(H,39,40). The fourth-order valence-corrected chi connectivity index (χ4v) is 4.88. The Morgan fingerprint density at radius 1 is 0.927 bits per heavy atom. The minimum atomic E-state index is -1.62. The van der Waals surface area contributed by atoms with E-state index in [-0.39, 0.29) is 33.8 Å². The molecule has 0 saturated carbocycles. The summed E-state index contributed by atoms with van der Waals surface area (Å²) in [5.74, 6) is -3.14. The number of carbonyl (C=O) groups is 4. The van der Waals surface area contributed by atoms with Gasteiger partial charge >= 0.3 is 5.97 Å². The summed E-state index contributed by atoms with van der Waals surface area (Å²) in [6.07, 6.45) is 1.33. The van der Waals surface area contributed by atoms with Crippen LogP contribution in [0.5, 0.6) is 0 Å². The quantitative estimate of drug-likeness (QED) is 0.157. The van der Waals surface area contributed by atoms with Crippen molar-refractivity contribution in [3.63, 3.8) is 0 Å². The number of furan rings is 1. The van der Waals surface area contributed by atoms with Gasteiger partial charge in [-0.05, 0) is 51.5 Å². The molecule has 4 N–H and O–H groups in total. The zero-order valence-electron chi connectivity index (χ0n) is 23.3. The molecule has 0 bridgehead atoms. The monoisotopic (exact) mass is 551 g/mol. The van der Waals surface area contributed by atoms with Gasteiger partial charge in [0.25, 0.3) is 17.6 Å². The van der Waals surface area contributed by atoms with E-state index in [1.165, 1.54) is 13.2 Å². The van der Waals surface area contributed by atoms with Crippen molar-refractivity contribution in [1.29, 1.82) is 0 Å². The lowest BCUT2D eigenvalue weighted by atomic mass is 9.95. The van der Waals surface area contributed by atoms with Crippen molar-refractivity contribution in [3.8, 4) is 22.5 Å². The first-order valence-electron chi connectivity index (χ1n) is 13.0. The van der Waals surface area contributed by atoms with Crippen molar-refractivity contribution >= 4 is 45.4 Å². The molecular weight excluding hydrogens is 522 g/mol. The van der Waals surface area contributed by atoms with Crippen LogP contribution in [0.25, 0.3) is 44.3 Å². The van der Waals surface area contributed by atoms with Crippen molar-refractivity contribution in [2.45, 2.75) is 33.2 Å². The number of hydrogen-bond donors (Lipinski definition) is 4. The summed E-state index contributed by atoms with van der Waals surface area (Å²) in [4.78, 5) is 53.8. The highest BCUT2D eigenvalue weighted by Crippen LogP contribution is 2.43. The van der Waals surface area contributed by atoms with Crippen molar-refractivity contribution in [2.75, 3.05) is 7.05 Å². The summed E-state index contributed by atoms with van der Waals surface area (Å²) in [5.41, 5.74) is 3.58. The molecule has 0 spiro atoms. The van der Waals surface area contributed by atoms with E-state index < -0.39 is 23.2 Å². The molecule has 2 amide bonds. The molecule has 0 aliphatic heterocycles. The van der Waals surface area contributed by atoms with Gasteiger partial charge in [0.05, 0.1) is 22.0 Å². The molecule has 0 saturated heterocycles. The molecule has 0 fully saturated rings. The Morgan fingerprint density at radius 2 is 1.63 bits per heavy atom. The molecule has 0 aliphatic carbocycles. The number of nitrogens with one attached hydrogen (secondary N) is 3. The zero-order chi connectivity index (χ0) is 29.6. The van der Waals surface area contributed by atoms with Crippen LogP contribution in [0.3, 0.4) is 0 Å². The molecule has 41 heavy (non-hydrogen) atoms. The maximum atomic E-state index is 13.3. The van der Waals surface area contributed by atoms with Crippen LogP contribution in [0.15, 0.2) is 65.2 Å². The Labute approximate surface area is 235 Å². The van der Waals surface area contributed by atoms with Gasteiger partial charge in [-0.1, -0.05) is 42.0 Å². The molecule has 0 unspecified atom stereocenters. The molecule has 0 radical (unpaired) electrons. The van der Waals surface area contributed by atoms with Gasteiger partial charge < -0.3 is 25.1 Å². The molecule has 2 aromatic heterocycles. The summed E-state index contributed by atoms with van der Waals surface area (Å²) < 4.78 is 6.31. The Bertz CT molecular complexity index is 1870. The van der Waals surface area contributed by atoms with Crippen LogP contribution in [0, 0.1) is 6.92 Å². The molecule has 2 heterocycles. The Hall–Kier alpha value is -5.18. The van der Waals surface area contributed by atoms with Crippen LogP contribution in [0.4, 0.5) is 0 Å². The number of carboxylic acid groups (broad SMARTS) is 1. The molecule has 0 aliphatic rings. The first-order valence-corrected chi connectivity index (χ1v) is 13.0. The summed E-state index contributed by atoms with van der Waals surface area (Å²) in [5, 5.41) is 15.8. The summed E-state index contributed by atoms with van der Waals surface area (Å²) >= 11 is 0. The van der Waals surface area contributed by atoms with Gasteiger partial charge in [-0.25, -0.2) is 4.79 Å². The summed E-state index contributed by atoms with van der Waals surface area (Å²) in [7, 11) is 1.51. The average molecular weight is 552 g/mol. The van der Waals surface area contributed by atoms with Crippen molar-refractivity contribution in [1.82, 2.24) is 15.6 Å². The van der Waals surface area contributed by atoms with Gasteiger partial charge in [-0.15, -0.1) is 0 Å². The molecule has 208 valence electrons. The molecular formula is C32H29N3O6. The van der Waals surface area contributed by atoms with E-state index in [0.29, 0.717) is 33.2 Å². The lowest BCUT2D eigenvalue weighted by molar-refractivity contribution is -0.131. The topological polar surface area (TPSA) is 141 Å². The second-order valence-corrected chi connectivity index (χ2v) is 10.9. The molecule has 5 rings (SSSR count). The maximum Gasteiger partial charge on any atom is 0.377 e. The number of aliphatic carboxylic acids is 1. The smallest absolute Gasteiger partial charge is 0.377 e. The highest BCUT2D eigenvalue weighted by atomic mass is 16.4. The number of aromatic amines is 1. The van der Waals surface area contributed by atoms with Crippen LogP contribution < -0.4 is 10.6 Å². The van der Waals surface area contributed by atoms with Crippen LogP contribution in [0.2, 0.25) is 0 Å². The minimum Gasteiger partial charge on any atom is -0.475 e. The first kappa shape index (κ1) is 27.4. The van der Waals surface area contributed by atoms with E-state index in [0.717, 1.165) is 5.56 Å². The van der Waals surface area contributed by atoms with E-state index >= 15 is 0 Å². The van der Waals surface area contributed by atoms with E-state index in [1.807, 2.05) is 52.0 Å². The largest absolute Gasteiger partial charge is 0.475 e. The third kappa shape index (κ3) is 4.98. The Kier molecular flexibility index (Phi) is 6.74. The fraction of sp³-hybridized carbons (Fsp3) is 0.188. The first-order chi connectivity index (χ1) is 19.4. The van der Waals surface area contributed by atoms with E-state index in [1.54, 1.807) is 30.3 Å². The normalized spacial score (nSPS) is 11.5. The number of Topliss-reactive ketones (excluding diaryl/α,β-unsaturated/α-hetero) is 1. The van der Waals surface area contributed by atoms with Gasteiger partial charge in [-0.2, -0.15) is 0 Å². The van der Waals surface area contributed by atoms with Crippen LogP contribution in [-0.2, 0) is 4.79 Å². The Morgan fingerprint density at radius 3 is 2.27 bits per heavy atom. The predicted octanol–water partition coefficient (Wildman–Crippen LogP) is 5.71. The maximum absolute atomic E-state index is 13.3. The number of benzene rings is 3. The number of amides is 2. The van der Waals surface area contributed by atoms with Gasteiger partial charge in [-0.3, -0.25) is 14.4 Å². The highest BCUT2D eigenvalue weighted by Gasteiger charge is 2.29. The Balaban J connectivity index is 1.86. The highest BCUT2D eigenvalue weighted by molar-refractivity contribution is 6.43. The second-order valence-electron chi connectivity index (χ2n) is 10.9. The van der Waals surface area contributed by atoms with Crippen molar-refractivity contribution in [3.05, 3.63) is 83.0 Å². The average Bonchev–Trinajstić information content (AvgIpc) is 3.53. The van der Waals surface area contributed by atoms with Gasteiger partial charge in [0.2, 0.25) is 0 Å². The van der Waals surface area contributed by atoms with Gasteiger partial charge in [0.1, 0.15) is 11.3 Å². The molecule has 9 nitrogen and oxygen atoms in total. The zero-order valence-corrected chi connectivity index (χ0v) is 23.3. The molecule has 0 atom stereocenters. The number of aromatic nitrogens is 1. The fourth-order valence-electron chi connectivity index (χ4n) is 4.88. The van der Waals surface area contributed by atoms with Crippen LogP contribution >= 0.6 is 0 Å². The van der Waals surface area contributed by atoms with Gasteiger partial charge in [0.15, 0.2) is 0 Å². The summed E-state index contributed by atoms with van der Waals surface area (Å²) in [6.45, 7) is 7.60. The van der Waals surface area contributed by atoms with Crippen molar-refractivity contribution in [2.24, 2.45) is 0 Å². The predicted molar refractivity (Wildman–Crippen MR) is 156 cm³/mol. The van der Waals surface area contributed by atoms with E-state index in [4.69, 9.17) is 4.42 Å². The lowest BCUT2D eigenvalue weighted by Gasteiger charge is -2.20. The molecule has 5 aromatic rings. The number of hydrogen-bond acceptors (Lipinski definition) is 5. The second kappa shape index (κ2) is 10.1. The number of aryl methyl sites for hydroxylation is 1. The third-order valence-corrected chi connectivity index (χ3v) is 6.74. The van der Waals surface area contributed by atoms with Crippen molar-refractivity contribution < 1.29 is 28.7 Å².